The van der Waals surface area contributed by atoms with Crippen LogP contribution < -0.4 is 0 Å². The lowest BCUT2D eigenvalue weighted by Crippen LogP contribution is -2.33. The summed E-state index contributed by atoms with van der Waals surface area (Å²) in [5.74, 6) is -1.85. The molecule has 130 valence electrons. The Kier molecular flexibility index (Phi) is 8.89. The van der Waals surface area contributed by atoms with Gasteiger partial charge in [0.1, 0.15) is 0 Å². The Morgan fingerprint density at radius 2 is 1.75 bits per heavy atom. The Morgan fingerprint density at radius 3 is 2.38 bits per heavy atom. The van der Waals surface area contributed by atoms with Gasteiger partial charge in [0.2, 0.25) is 0 Å². The Bertz CT molecular complexity index is 568. The van der Waals surface area contributed by atoms with Gasteiger partial charge in [0.05, 0.1) is 19.2 Å². The third-order valence-electron chi connectivity index (χ3n) is 3.23. The number of rotatable bonds is 8. The molecular weight excluding hydrogens is 310 g/mol. The highest BCUT2D eigenvalue weighted by Gasteiger charge is 2.18. The number of amides is 1. The highest BCUT2D eigenvalue weighted by molar-refractivity contribution is 5.95. The lowest BCUT2D eigenvalue weighted by molar-refractivity contribution is -0.162. The zero-order valence-electron chi connectivity index (χ0n) is 14.1. The van der Waals surface area contributed by atoms with Crippen molar-refractivity contribution >= 4 is 17.8 Å². The molecule has 0 aliphatic rings. The predicted molar refractivity (Wildman–Crippen MR) is 88.9 cm³/mol. The Hall–Kier alpha value is -2.63. The molecule has 0 spiro atoms. The van der Waals surface area contributed by atoms with Gasteiger partial charge in [0.25, 0.3) is 5.91 Å². The van der Waals surface area contributed by atoms with E-state index in [4.69, 9.17) is 4.84 Å². The van der Waals surface area contributed by atoms with Crippen LogP contribution in [-0.2, 0) is 19.2 Å². The summed E-state index contributed by atoms with van der Waals surface area (Å²) < 4.78 is 4.44. The van der Waals surface area contributed by atoms with E-state index in [1.807, 2.05) is 0 Å². The van der Waals surface area contributed by atoms with Crippen LogP contribution in [0.4, 0.5) is 0 Å². The first kappa shape index (κ1) is 19.4. The molecule has 0 aromatic heterocycles. The Labute approximate surface area is 142 Å². The predicted octanol–water partition coefficient (Wildman–Crippen LogP) is 2.90. The molecule has 0 fully saturated rings. The number of hydroxylamine groups is 2. The summed E-state index contributed by atoms with van der Waals surface area (Å²) >= 11 is 0. The molecule has 0 atom stereocenters. The number of carbonyl (C=O) groups is 3. The zero-order valence-corrected chi connectivity index (χ0v) is 14.1. The van der Waals surface area contributed by atoms with Crippen molar-refractivity contribution in [2.45, 2.75) is 32.6 Å². The molecule has 1 aromatic carbocycles. The van der Waals surface area contributed by atoms with E-state index in [0.717, 1.165) is 36.5 Å². The fraction of sp³-hybridized carbons (Fsp3) is 0.389. The van der Waals surface area contributed by atoms with E-state index < -0.39 is 17.8 Å². The van der Waals surface area contributed by atoms with Crippen molar-refractivity contribution in [3.8, 4) is 0 Å². The van der Waals surface area contributed by atoms with Gasteiger partial charge in [-0.2, -0.15) is 5.06 Å². The average Bonchev–Trinajstić information content (AvgIpc) is 2.62. The molecule has 1 aromatic rings. The number of hydrogen-bond acceptors (Lipinski definition) is 5. The van der Waals surface area contributed by atoms with Gasteiger partial charge in [0, 0.05) is 12.2 Å². The van der Waals surface area contributed by atoms with E-state index in [2.05, 4.69) is 11.7 Å². The first-order valence-electron chi connectivity index (χ1n) is 7.93. The molecule has 0 heterocycles. The van der Waals surface area contributed by atoms with Crippen molar-refractivity contribution in [2.24, 2.45) is 0 Å². The summed E-state index contributed by atoms with van der Waals surface area (Å²) in [6, 6.07) is 8.41. The fourth-order valence-electron chi connectivity index (χ4n) is 1.90. The summed E-state index contributed by atoms with van der Waals surface area (Å²) in [5, 5.41) is 0.977. The quantitative estimate of drug-likeness (QED) is 0.316. The Morgan fingerprint density at radius 1 is 1.04 bits per heavy atom. The van der Waals surface area contributed by atoms with Gasteiger partial charge in [0.15, 0.2) is 0 Å². The second kappa shape index (κ2) is 11.0. The summed E-state index contributed by atoms with van der Waals surface area (Å²) in [6.45, 7) is 2.35. The highest BCUT2D eigenvalue weighted by Crippen LogP contribution is 2.07. The number of hydrogen-bond donors (Lipinski definition) is 0. The van der Waals surface area contributed by atoms with Crippen LogP contribution in [0.5, 0.6) is 0 Å². The molecule has 0 unspecified atom stereocenters. The molecule has 6 heteroatoms. The lowest BCUT2D eigenvalue weighted by atomic mass is 10.2. The van der Waals surface area contributed by atoms with Crippen LogP contribution in [0, 0.1) is 0 Å². The van der Waals surface area contributed by atoms with Gasteiger partial charge in [-0.15, -0.1) is 0 Å². The van der Waals surface area contributed by atoms with E-state index in [1.54, 1.807) is 30.3 Å². The topological polar surface area (TPSA) is 72.9 Å². The average molecular weight is 333 g/mol. The first-order chi connectivity index (χ1) is 11.6. The Balaban J connectivity index is 2.72. The molecule has 0 radical (unpaired) electrons. The molecule has 0 bridgehead atoms. The van der Waals surface area contributed by atoms with Crippen LogP contribution in [0.25, 0.3) is 0 Å². The minimum atomic E-state index is -0.649. The number of nitrogens with zero attached hydrogens (tertiary/aromatic N) is 1. The largest absolute Gasteiger partial charge is 0.466 e. The summed E-state index contributed by atoms with van der Waals surface area (Å²) in [7, 11) is 1.22. The molecule has 0 aliphatic carbocycles. The number of unbranched alkanes of at least 4 members (excludes halogenated alkanes) is 3. The van der Waals surface area contributed by atoms with E-state index >= 15 is 0 Å². The van der Waals surface area contributed by atoms with Crippen molar-refractivity contribution in [2.75, 3.05) is 13.7 Å². The molecule has 1 rings (SSSR count). The molecular formula is C18H23NO5. The lowest BCUT2D eigenvalue weighted by Gasteiger charge is -2.19. The van der Waals surface area contributed by atoms with Crippen LogP contribution in [0.2, 0.25) is 0 Å². The third-order valence-corrected chi connectivity index (χ3v) is 3.23. The summed E-state index contributed by atoms with van der Waals surface area (Å²) in [5.41, 5.74) is 0.348. The van der Waals surface area contributed by atoms with E-state index in [1.165, 1.54) is 7.11 Å². The van der Waals surface area contributed by atoms with Crippen molar-refractivity contribution < 1.29 is 24.0 Å². The maximum atomic E-state index is 12.1. The van der Waals surface area contributed by atoms with Crippen molar-refractivity contribution in [1.29, 1.82) is 0 Å². The molecule has 24 heavy (non-hydrogen) atoms. The van der Waals surface area contributed by atoms with Gasteiger partial charge in [-0.05, 0) is 18.6 Å². The minimum absolute atomic E-state index is 0.267. The van der Waals surface area contributed by atoms with Crippen LogP contribution in [0.15, 0.2) is 42.5 Å². The summed E-state index contributed by atoms with van der Waals surface area (Å²) in [4.78, 5) is 40.5. The van der Waals surface area contributed by atoms with Gasteiger partial charge in [-0.3, -0.25) is 4.79 Å². The van der Waals surface area contributed by atoms with Gasteiger partial charge >= 0.3 is 11.9 Å². The first-order valence-corrected chi connectivity index (χ1v) is 7.93. The van der Waals surface area contributed by atoms with Crippen molar-refractivity contribution in [3.05, 3.63) is 48.0 Å². The number of benzene rings is 1. The maximum Gasteiger partial charge on any atom is 0.363 e. The van der Waals surface area contributed by atoms with E-state index in [9.17, 15) is 14.4 Å². The van der Waals surface area contributed by atoms with Gasteiger partial charge in [-0.25, -0.2) is 9.59 Å². The fourth-order valence-corrected chi connectivity index (χ4v) is 1.90. The standard InChI is InChI=1S/C18H23NO5/c1-3-4-5-9-14-19(16(20)12-13-17(21)23-2)24-18(22)15-10-7-6-8-11-15/h6-8,10-13H,3-5,9,14H2,1-2H3/b13-12+. The van der Waals surface area contributed by atoms with Crippen LogP contribution >= 0.6 is 0 Å². The molecule has 6 nitrogen and oxygen atoms in total. The van der Waals surface area contributed by atoms with Crippen LogP contribution in [0.3, 0.4) is 0 Å². The highest BCUT2D eigenvalue weighted by atomic mass is 16.7. The third kappa shape index (κ3) is 7.09. The van der Waals surface area contributed by atoms with E-state index in [0.29, 0.717) is 12.0 Å². The van der Waals surface area contributed by atoms with Gasteiger partial charge in [-0.1, -0.05) is 44.4 Å². The second-order valence-electron chi connectivity index (χ2n) is 5.10. The zero-order chi connectivity index (χ0) is 17.8. The molecule has 0 aliphatic heterocycles. The molecule has 0 saturated carbocycles. The molecule has 0 N–H and O–H groups in total. The van der Waals surface area contributed by atoms with Crippen LogP contribution in [0.1, 0.15) is 43.0 Å². The minimum Gasteiger partial charge on any atom is -0.466 e. The maximum absolute atomic E-state index is 12.1. The number of methoxy groups -OCH3 is 1. The second-order valence-corrected chi connectivity index (χ2v) is 5.10. The van der Waals surface area contributed by atoms with Crippen LogP contribution in [-0.4, -0.2) is 36.6 Å². The monoisotopic (exact) mass is 333 g/mol. The number of ether oxygens (including phenoxy) is 1. The number of esters is 1. The van der Waals surface area contributed by atoms with Crippen molar-refractivity contribution in [3.63, 3.8) is 0 Å². The summed E-state index contributed by atoms with van der Waals surface area (Å²) in [6.07, 6.45) is 5.74. The number of carbonyl (C=O) groups excluding carboxylic acids is 3. The normalized spacial score (nSPS) is 10.4. The van der Waals surface area contributed by atoms with Crippen molar-refractivity contribution in [1.82, 2.24) is 5.06 Å². The van der Waals surface area contributed by atoms with Gasteiger partial charge < -0.3 is 9.57 Å². The molecule has 0 saturated heterocycles. The smallest absolute Gasteiger partial charge is 0.363 e. The SMILES string of the molecule is CCCCCCN(OC(=O)c1ccccc1)C(=O)/C=C/C(=O)OC. The van der Waals surface area contributed by atoms with E-state index in [-0.39, 0.29) is 6.54 Å². The molecule has 1 amide bonds.